The summed E-state index contributed by atoms with van der Waals surface area (Å²) in [4.78, 5) is 16.2. The van der Waals surface area contributed by atoms with Gasteiger partial charge in [-0.3, -0.25) is 0 Å². The van der Waals surface area contributed by atoms with Crippen LogP contribution in [0.4, 0.5) is 18.9 Å². The maximum Gasteiger partial charge on any atom is 0.467 e. The van der Waals surface area contributed by atoms with Gasteiger partial charge in [-0.1, -0.05) is 24.3 Å². The first-order chi connectivity index (χ1) is 9.42. The largest absolute Gasteiger partial charge is 0.467 e. The fourth-order valence-electron chi connectivity index (χ4n) is 1.75. The molecule has 106 valence electrons. The van der Waals surface area contributed by atoms with E-state index in [4.69, 9.17) is 9.39 Å². The van der Waals surface area contributed by atoms with Gasteiger partial charge in [-0.15, -0.1) is 0 Å². The normalized spacial score (nSPS) is 13.1. The van der Waals surface area contributed by atoms with E-state index in [1.807, 2.05) is 30.3 Å². The van der Waals surface area contributed by atoms with Gasteiger partial charge in [0.25, 0.3) is 0 Å². The van der Waals surface area contributed by atoms with Gasteiger partial charge in [0.15, 0.2) is 0 Å². The van der Waals surface area contributed by atoms with Gasteiger partial charge in [-0.05, 0) is 17.5 Å². The molecule has 0 fully saturated rings. The van der Waals surface area contributed by atoms with Gasteiger partial charge in [0.05, 0.1) is 11.3 Å². The number of carbonyl (C=O) groups excluding carboxylic acids is 1. The van der Waals surface area contributed by atoms with Crippen LogP contribution in [-0.4, -0.2) is 16.0 Å². The summed E-state index contributed by atoms with van der Waals surface area (Å²) in [5.74, 6) is -0.325. The Balaban J connectivity index is 0.000000212. The van der Waals surface area contributed by atoms with E-state index < -0.39 is 17.6 Å². The second-order valence-corrected chi connectivity index (χ2v) is 4.38. The minimum Gasteiger partial charge on any atom is -0.338 e. The molecule has 0 aliphatic carbocycles. The highest BCUT2D eigenvalue weighted by Gasteiger charge is 2.27. The summed E-state index contributed by atoms with van der Waals surface area (Å²) in [6.45, 7) is 0. The first-order valence-electron chi connectivity index (χ1n) is 5.30. The molecule has 2 aromatic carbocycles. The van der Waals surface area contributed by atoms with Crippen LogP contribution in [0.5, 0.6) is 0 Å². The second-order valence-electron chi connectivity index (χ2n) is 3.74. The molecule has 0 radical (unpaired) electrons. The van der Waals surface area contributed by atoms with Crippen LogP contribution < -0.4 is 5.48 Å². The van der Waals surface area contributed by atoms with Crippen molar-refractivity contribution in [1.82, 2.24) is 0 Å². The average Bonchev–Trinajstić information content (AvgIpc) is 2.43. The van der Waals surface area contributed by atoms with Crippen molar-refractivity contribution in [3.05, 3.63) is 42.0 Å². The summed E-state index contributed by atoms with van der Waals surface area (Å²) < 4.78 is 38.7. The summed E-state index contributed by atoms with van der Waals surface area (Å²) in [5, 5.41) is 1.98. The van der Waals surface area contributed by atoms with Gasteiger partial charge in [-0.25, -0.2) is 10.3 Å². The van der Waals surface area contributed by atoms with E-state index in [2.05, 4.69) is 5.48 Å². The first-order valence-corrected chi connectivity index (χ1v) is 6.08. The quantitative estimate of drug-likeness (QED) is 0.719. The fraction of sp³-hybridized carbons (Fsp3) is 0.0833. The summed E-state index contributed by atoms with van der Waals surface area (Å²) in [5.41, 5.74) is -0.392. The molecule has 0 atom stereocenters. The molecule has 0 amide bonds. The Labute approximate surface area is 115 Å². The molecule has 1 aliphatic rings. The lowest BCUT2D eigenvalue weighted by molar-refractivity contribution is -0.0376. The molecule has 3 rings (SSSR count). The number of hydrogen-bond donors (Lipinski definition) is 2. The lowest BCUT2D eigenvalue weighted by Gasteiger charge is -2.17. The number of anilines is 1. The Morgan fingerprint density at radius 1 is 1.15 bits per heavy atom. The van der Waals surface area contributed by atoms with Gasteiger partial charge in [0.1, 0.15) is 12.0 Å². The van der Waals surface area contributed by atoms with E-state index in [0.29, 0.717) is 5.56 Å². The molecule has 0 saturated heterocycles. The number of carbonyl (C=O) groups is 1. The van der Waals surface area contributed by atoms with Crippen LogP contribution in [0, 0.1) is 0 Å². The minimum atomic E-state index is -4.49. The molecule has 0 unspecified atom stereocenters. The standard InChI is InChI=1S/C11H7NO2.CHF3OS/c13-11-8-5-1-3-7-4-2-6-9(10(7)8)12-14-11;2-1(3,4)6-5/h1-6,12H;5H. The zero-order valence-electron chi connectivity index (χ0n) is 9.77. The van der Waals surface area contributed by atoms with Crippen LogP contribution in [0.1, 0.15) is 10.4 Å². The van der Waals surface area contributed by atoms with Gasteiger partial charge >= 0.3 is 11.5 Å². The number of rotatable bonds is 0. The van der Waals surface area contributed by atoms with Gasteiger partial charge in [-0.2, -0.15) is 13.2 Å². The van der Waals surface area contributed by atoms with Gasteiger partial charge in [0.2, 0.25) is 0 Å². The van der Waals surface area contributed by atoms with Crippen molar-refractivity contribution >= 4 is 34.5 Å². The van der Waals surface area contributed by atoms with Crippen molar-refractivity contribution in [2.45, 2.75) is 5.51 Å². The predicted octanol–water partition coefficient (Wildman–Crippen LogP) is 4.05. The van der Waals surface area contributed by atoms with Crippen molar-refractivity contribution in [3.63, 3.8) is 0 Å². The minimum absolute atomic E-state index is 0.325. The lowest BCUT2D eigenvalue weighted by Crippen LogP contribution is -2.16. The third kappa shape index (κ3) is 3.14. The maximum absolute atomic E-state index is 11.4. The third-order valence-corrected chi connectivity index (χ3v) is 2.69. The van der Waals surface area contributed by atoms with Gasteiger partial charge < -0.3 is 9.39 Å². The molecule has 8 heteroatoms. The monoisotopic (exact) mass is 303 g/mol. The molecule has 0 saturated carbocycles. The van der Waals surface area contributed by atoms with E-state index in [-0.39, 0.29) is 5.97 Å². The summed E-state index contributed by atoms with van der Waals surface area (Å²) in [7, 11) is 0. The number of hydrogen-bond acceptors (Lipinski definition) is 5. The number of nitrogens with one attached hydrogen (secondary N) is 1. The van der Waals surface area contributed by atoms with Crippen molar-refractivity contribution < 1.29 is 27.4 Å². The molecular weight excluding hydrogens is 295 g/mol. The Kier molecular flexibility index (Phi) is 4.05. The highest BCUT2D eigenvalue weighted by molar-refractivity contribution is 7.94. The van der Waals surface area contributed by atoms with E-state index in [1.165, 1.54) is 0 Å². The van der Waals surface area contributed by atoms with E-state index in [9.17, 15) is 18.0 Å². The summed E-state index contributed by atoms with van der Waals surface area (Å²) in [6.07, 6.45) is 0. The maximum atomic E-state index is 11.4. The molecule has 0 bridgehead atoms. The zero-order chi connectivity index (χ0) is 14.8. The van der Waals surface area contributed by atoms with E-state index in [1.54, 1.807) is 6.07 Å². The SMILES string of the molecule is O=C1ONc2cccc3cccc1c23.OSC(F)(F)F. The molecule has 1 aliphatic heterocycles. The second kappa shape index (κ2) is 5.59. The van der Waals surface area contributed by atoms with Crippen LogP contribution in [0.15, 0.2) is 36.4 Å². The molecule has 20 heavy (non-hydrogen) atoms. The molecule has 0 aromatic heterocycles. The lowest BCUT2D eigenvalue weighted by atomic mass is 10.0. The number of alkyl halides is 3. The molecule has 1 heterocycles. The highest BCUT2D eigenvalue weighted by Crippen LogP contribution is 2.30. The average molecular weight is 303 g/mol. The first kappa shape index (κ1) is 14.5. The topological polar surface area (TPSA) is 58.6 Å². The smallest absolute Gasteiger partial charge is 0.338 e. The van der Waals surface area contributed by atoms with Crippen LogP contribution in [-0.2, 0) is 4.84 Å². The highest BCUT2D eigenvalue weighted by atomic mass is 32.2. The van der Waals surface area contributed by atoms with Crippen molar-refractivity contribution in [1.29, 1.82) is 0 Å². The Morgan fingerprint density at radius 2 is 1.75 bits per heavy atom. The van der Waals surface area contributed by atoms with Crippen molar-refractivity contribution in [2.75, 3.05) is 5.48 Å². The number of halogens is 3. The van der Waals surface area contributed by atoms with Crippen LogP contribution in [0.25, 0.3) is 10.8 Å². The van der Waals surface area contributed by atoms with Crippen LogP contribution in [0.2, 0.25) is 0 Å². The number of benzene rings is 2. The predicted molar refractivity (Wildman–Crippen MR) is 69.3 cm³/mol. The third-order valence-electron chi connectivity index (χ3n) is 2.48. The molecule has 2 N–H and O–H groups in total. The van der Waals surface area contributed by atoms with Crippen LogP contribution >= 0.6 is 12.0 Å². The Hall–Kier alpha value is -1.93. The Morgan fingerprint density at radius 3 is 2.35 bits per heavy atom. The Bertz CT molecular complexity index is 640. The zero-order valence-corrected chi connectivity index (χ0v) is 10.6. The fourth-order valence-corrected chi connectivity index (χ4v) is 1.75. The van der Waals surface area contributed by atoms with E-state index >= 15 is 0 Å². The molecule has 2 aromatic rings. The van der Waals surface area contributed by atoms with Gasteiger partial charge in [0, 0.05) is 5.39 Å². The van der Waals surface area contributed by atoms with Crippen molar-refractivity contribution in [2.24, 2.45) is 0 Å². The van der Waals surface area contributed by atoms with Crippen molar-refractivity contribution in [3.8, 4) is 0 Å². The molecule has 0 spiro atoms. The summed E-state index contributed by atoms with van der Waals surface area (Å²) in [6, 6.07) is 11.4. The molecular formula is C12H8F3NO3S. The summed E-state index contributed by atoms with van der Waals surface area (Å²) >= 11 is -1.12. The van der Waals surface area contributed by atoms with Crippen LogP contribution in [0.3, 0.4) is 0 Å². The molecule has 4 nitrogen and oxygen atoms in total. The van der Waals surface area contributed by atoms with E-state index in [0.717, 1.165) is 16.5 Å².